The summed E-state index contributed by atoms with van der Waals surface area (Å²) >= 11 is 1.33. The molecule has 75 heavy (non-hydrogen) atoms. The first-order valence-corrected chi connectivity index (χ1v) is 25.1. The highest BCUT2D eigenvalue weighted by molar-refractivity contribution is 7.98. The highest BCUT2D eigenvalue weighted by atomic mass is 32.2. The van der Waals surface area contributed by atoms with E-state index in [-0.39, 0.29) is 63.5 Å². The monoisotopic (exact) mass is 1080 g/mol. The van der Waals surface area contributed by atoms with Crippen LogP contribution >= 0.6 is 11.8 Å². The molecular weight excluding hydrogens is 1010 g/mol. The molecule has 0 spiro atoms. The predicted octanol–water partition coefficient (Wildman–Crippen LogP) is -4.64. The summed E-state index contributed by atoms with van der Waals surface area (Å²) in [4.78, 5) is 142. The van der Waals surface area contributed by atoms with Crippen LogP contribution in [0, 0.1) is 5.92 Å². The number of rotatable bonds is 35. The first-order valence-electron chi connectivity index (χ1n) is 23.7. The molecule has 1 aromatic heterocycles. The Hall–Kier alpha value is -7.73. The van der Waals surface area contributed by atoms with Crippen molar-refractivity contribution in [3.8, 4) is 0 Å². The van der Waals surface area contributed by atoms with E-state index in [0.717, 1.165) is 0 Å². The van der Waals surface area contributed by atoms with Gasteiger partial charge in [-0.2, -0.15) is 11.8 Å². The Morgan fingerprint density at radius 1 is 0.613 bits per heavy atom. The standard InChI is InChI=1S/C45H71N15O14S/c1-22(2)35(42(72)59-32(21-61)41(71)57-30(43(73)74)11-7-16-52-45(49)50)60-39(69)27(10-6-15-51-44(47)48)55-37(67)28(12-13-33(62)63)56-40(70)31(18-23-20-53-26-9-5-4-8-24(23)26)58-38(68)29(14-17-75-3)54-36(66)25(46)19-34(64)65/h4-5,8-9,20,22,25,27-32,35,53,61H,6-7,10-19,21,46H2,1-3H3,(H,54,66)(H,55,67)(H,56,70)(H,57,71)(H,58,68)(H,59,72)(H,60,69)(H,62,63)(H,64,65)(H,73,74)(H4,47,48,51)(H4,49,50,52)/t25-,27-,28-,29-,30-,31-,32-,35-/m0/s1. The molecule has 8 atom stereocenters. The third-order valence-corrected chi connectivity index (χ3v) is 11.8. The zero-order chi connectivity index (χ0) is 56.4. The Labute approximate surface area is 435 Å². The molecule has 0 aliphatic rings. The molecule has 0 radical (unpaired) electrons. The van der Waals surface area contributed by atoms with Crippen LogP contribution in [-0.4, -0.2) is 177 Å². The van der Waals surface area contributed by atoms with Crippen molar-refractivity contribution < 1.29 is 68.4 Å². The number of aromatic amines is 1. The summed E-state index contributed by atoms with van der Waals surface area (Å²) in [6.45, 7) is 2.06. The van der Waals surface area contributed by atoms with E-state index >= 15 is 0 Å². The highest BCUT2D eigenvalue weighted by Gasteiger charge is 2.36. The number of hydrogen-bond donors (Lipinski definition) is 17. The summed E-state index contributed by atoms with van der Waals surface area (Å²) in [5, 5.41) is 56.4. The van der Waals surface area contributed by atoms with Gasteiger partial charge in [-0.25, -0.2) is 4.79 Å². The number of aliphatic imine (C=N–C) groups is 2. The van der Waals surface area contributed by atoms with E-state index in [1.165, 1.54) is 25.6 Å². The second-order valence-electron chi connectivity index (χ2n) is 17.5. The van der Waals surface area contributed by atoms with Crippen molar-refractivity contribution in [1.82, 2.24) is 42.2 Å². The molecule has 22 N–H and O–H groups in total. The van der Waals surface area contributed by atoms with Crippen LogP contribution in [0.3, 0.4) is 0 Å². The van der Waals surface area contributed by atoms with Crippen molar-refractivity contribution >= 4 is 93.8 Å². The zero-order valence-corrected chi connectivity index (χ0v) is 42.7. The third kappa shape index (κ3) is 22.9. The van der Waals surface area contributed by atoms with Crippen LogP contribution in [0.1, 0.15) is 70.8 Å². The molecule has 0 fully saturated rings. The van der Waals surface area contributed by atoms with E-state index in [1.54, 1.807) is 36.7 Å². The van der Waals surface area contributed by atoms with Crippen LogP contribution in [0.25, 0.3) is 10.9 Å². The molecule has 29 nitrogen and oxygen atoms in total. The van der Waals surface area contributed by atoms with Gasteiger partial charge in [0, 0.05) is 43.0 Å². The van der Waals surface area contributed by atoms with Crippen molar-refractivity contribution in [3.63, 3.8) is 0 Å². The molecule has 7 amide bonds. The second-order valence-corrected chi connectivity index (χ2v) is 18.5. The summed E-state index contributed by atoms with van der Waals surface area (Å²) < 4.78 is 0. The van der Waals surface area contributed by atoms with Gasteiger partial charge in [-0.15, -0.1) is 0 Å². The van der Waals surface area contributed by atoms with Gasteiger partial charge in [-0.3, -0.25) is 53.1 Å². The molecule has 0 saturated carbocycles. The second kappa shape index (κ2) is 32.5. The molecule has 30 heteroatoms. The first-order chi connectivity index (χ1) is 35.4. The summed E-state index contributed by atoms with van der Waals surface area (Å²) in [5.41, 5.74) is 28.5. The molecular formula is C45H71N15O14S. The van der Waals surface area contributed by atoms with Crippen LogP contribution in [-0.2, 0) is 54.4 Å². The van der Waals surface area contributed by atoms with Gasteiger partial charge in [0.25, 0.3) is 0 Å². The van der Waals surface area contributed by atoms with Gasteiger partial charge in [0.15, 0.2) is 11.9 Å². The van der Waals surface area contributed by atoms with Gasteiger partial charge < -0.3 is 91.3 Å². The number of aromatic nitrogens is 1. The fraction of sp³-hybridized carbons (Fsp3) is 0.556. The van der Waals surface area contributed by atoms with Gasteiger partial charge in [0.05, 0.1) is 19.1 Å². The topological polar surface area (TPSA) is 506 Å². The summed E-state index contributed by atoms with van der Waals surface area (Å²) in [7, 11) is 0. The molecule has 0 unspecified atom stereocenters. The Balaban J connectivity index is 2.49. The van der Waals surface area contributed by atoms with E-state index in [4.69, 9.17) is 33.8 Å². The first kappa shape index (κ1) is 63.4. The molecule has 416 valence electrons. The van der Waals surface area contributed by atoms with Crippen LogP contribution in [0.5, 0.6) is 0 Å². The number of amides is 7. The number of aliphatic hydroxyl groups is 1. The maximum Gasteiger partial charge on any atom is 0.326 e. The minimum Gasteiger partial charge on any atom is -0.481 e. The number of nitrogens with zero attached hydrogens (tertiary/aromatic N) is 2. The predicted molar refractivity (Wildman–Crippen MR) is 275 cm³/mol. The summed E-state index contributed by atoms with van der Waals surface area (Å²) in [5.74, 6) is -12.0. The maximum atomic E-state index is 14.4. The van der Waals surface area contributed by atoms with E-state index in [1.807, 2.05) is 0 Å². The van der Waals surface area contributed by atoms with Gasteiger partial charge in [0.2, 0.25) is 41.4 Å². The summed E-state index contributed by atoms with van der Waals surface area (Å²) in [6, 6.07) is -5.20. The number of fused-ring (bicyclic) bond motifs is 1. The quantitative estimate of drug-likeness (QED) is 0.0175. The van der Waals surface area contributed by atoms with Crippen molar-refractivity contribution in [2.24, 2.45) is 44.6 Å². The van der Waals surface area contributed by atoms with Crippen molar-refractivity contribution in [3.05, 3.63) is 36.0 Å². The molecule has 0 bridgehead atoms. The number of H-pyrrole nitrogens is 1. The van der Waals surface area contributed by atoms with E-state index in [9.17, 15) is 63.3 Å². The van der Waals surface area contributed by atoms with E-state index < -0.39 is 139 Å². The van der Waals surface area contributed by atoms with Crippen molar-refractivity contribution in [2.45, 2.75) is 120 Å². The lowest BCUT2D eigenvalue weighted by atomic mass is 10.0. The smallest absolute Gasteiger partial charge is 0.326 e. The maximum absolute atomic E-state index is 14.4. The number of guanidine groups is 2. The lowest BCUT2D eigenvalue weighted by molar-refractivity contribution is -0.143. The number of nitrogens with one attached hydrogen (secondary N) is 8. The molecule has 0 aliphatic heterocycles. The fourth-order valence-electron chi connectivity index (χ4n) is 7.20. The largest absolute Gasteiger partial charge is 0.481 e. The van der Waals surface area contributed by atoms with Crippen LogP contribution in [0.2, 0.25) is 0 Å². The fourth-order valence-corrected chi connectivity index (χ4v) is 7.67. The van der Waals surface area contributed by atoms with Crippen LogP contribution in [0.4, 0.5) is 0 Å². The van der Waals surface area contributed by atoms with Gasteiger partial charge in [0.1, 0.15) is 42.3 Å². The van der Waals surface area contributed by atoms with Crippen LogP contribution in [0.15, 0.2) is 40.4 Å². The molecule has 0 saturated heterocycles. The Kier molecular flexibility index (Phi) is 27.4. The SMILES string of the molecule is CSCC[C@H](NC(=O)[C@@H](N)CC(=O)O)C(=O)N[C@@H](Cc1c[nH]c2ccccc12)C(=O)N[C@@H](CCC(=O)O)C(=O)N[C@@H](CCCN=C(N)N)C(=O)N[C@H](C(=O)N[C@@H](CO)C(=O)N[C@@H](CCCN=C(N)N)C(=O)O)C(C)C. The molecule has 2 rings (SSSR count). The third-order valence-electron chi connectivity index (χ3n) is 11.2. The minimum absolute atomic E-state index is 0.0176. The number of benzene rings is 1. The lowest BCUT2D eigenvalue weighted by Gasteiger charge is -2.28. The number of carboxylic acids is 3. The number of nitrogens with two attached hydrogens (primary N) is 5. The number of carbonyl (C=O) groups excluding carboxylic acids is 7. The molecule has 0 aliphatic carbocycles. The lowest BCUT2D eigenvalue weighted by Crippen LogP contribution is -2.61. The number of para-hydroxylation sites is 1. The number of aliphatic carboxylic acids is 3. The number of carbonyl (C=O) groups is 10. The molecule has 1 heterocycles. The number of carboxylic acid groups (broad SMARTS) is 3. The normalized spacial score (nSPS) is 14.2. The molecule has 2 aromatic rings. The van der Waals surface area contributed by atoms with Crippen molar-refractivity contribution in [2.75, 3.05) is 31.7 Å². The Morgan fingerprint density at radius 3 is 1.63 bits per heavy atom. The van der Waals surface area contributed by atoms with Gasteiger partial charge >= 0.3 is 17.9 Å². The molecule has 1 aromatic carbocycles. The minimum atomic E-state index is -1.70. The Morgan fingerprint density at radius 2 is 1.09 bits per heavy atom. The average molecular weight is 1080 g/mol. The number of thioether (sulfide) groups is 1. The number of hydrogen-bond acceptors (Lipinski definition) is 15. The van der Waals surface area contributed by atoms with E-state index in [0.29, 0.717) is 22.2 Å². The van der Waals surface area contributed by atoms with Crippen molar-refractivity contribution in [1.29, 1.82) is 0 Å². The summed E-state index contributed by atoms with van der Waals surface area (Å²) in [6.07, 6.45) is 1.02. The Bertz CT molecular complexity index is 2360. The average Bonchev–Trinajstić information content (AvgIpc) is 3.75. The van der Waals surface area contributed by atoms with Gasteiger partial charge in [-0.1, -0.05) is 32.0 Å². The highest BCUT2D eigenvalue weighted by Crippen LogP contribution is 2.20. The van der Waals surface area contributed by atoms with E-state index in [2.05, 4.69) is 52.2 Å². The van der Waals surface area contributed by atoms with Gasteiger partial charge in [-0.05, 0) is 68.1 Å². The number of aliphatic hydroxyl groups excluding tert-OH is 1. The zero-order valence-electron chi connectivity index (χ0n) is 41.8. The van der Waals surface area contributed by atoms with Crippen LogP contribution < -0.4 is 65.9 Å².